The molecule has 2 amide bonds. The van der Waals surface area contributed by atoms with E-state index in [1.165, 1.54) is 0 Å². The number of hydrogen-bond donors (Lipinski definition) is 2. The number of ether oxygens (including phenoxy) is 2. The Balaban J connectivity index is 1.43. The molecular weight excluding hydrogens is 332 g/mol. The number of nitrogens with one attached hydrogen (secondary N) is 2. The second kappa shape index (κ2) is 6.71. The van der Waals surface area contributed by atoms with E-state index in [-0.39, 0.29) is 5.91 Å². The van der Waals surface area contributed by atoms with Gasteiger partial charge in [-0.1, -0.05) is 36.8 Å². The van der Waals surface area contributed by atoms with Crippen LogP contribution in [0, 0.1) is 0 Å². The van der Waals surface area contributed by atoms with Gasteiger partial charge in [-0.3, -0.25) is 20.4 Å². The molecule has 1 fully saturated rings. The first-order valence-corrected chi connectivity index (χ1v) is 8.75. The van der Waals surface area contributed by atoms with Gasteiger partial charge in [-0.15, -0.1) is 0 Å². The summed E-state index contributed by atoms with van der Waals surface area (Å²) in [6.07, 6.45) is 2.56. The van der Waals surface area contributed by atoms with Crippen molar-refractivity contribution in [1.82, 2.24) is 10.9 Å². The molecule has 2 aromatic carbocycles. The van der Waals surface area contributed by atoms with Crippen LogP contribution in [0.4, 0.5) is 0 Å². The Bertz CT molecular complexity index is 831. The number of amides is 2. The van der Waals surface area contributed by atoms with Crippen LogP contribution in [-0.4, -0.2) is 25.0 Å². The van der Waals surface area contributed by atoms with Crippen LogP contribution in [0.5, 0.6) is 11.5 Å². The van der Waals surface area contributed by atoms with Crippen molar-refractivity contribution in [3.8, 4) is 11.5 Å². The Morgan fingerprint density at radius 2 is 1.62 bits per heavy atom. The molecule has 0 radical (unpaired) electrons. The number of fused-ring (bicyclic) bond motifs is 1. The van der Waals surface area contributed by atoms with Crippen LogP contribution in [0.1, 0.15) is 35.2 Å². The SMILES string of the molecule is O=C(NNC(=O)C1(c2ccccc2)CCC1)c1ccc2c(c1)OCCO2. The molecule has 0 bridgehead atoms. The lowest BCUT2D eigenvalue weighted by Gasteiger charge is -2.40. The van der Waals surface area contributed by atoms with Crippen molar-refractivity contribution in [2.24, 2.45) is 0 Å². The number of carbonyl (C=O) groups is 2. The molecule has 0 saturated heterocycles. The van der Waals surface area contributed by atoms with E-state index in [0.717, 1.165) is 24.8 Å². The van der Waals surface area contributed by atoms with Crippen molar-refractivity contribution in [3.05, 3.63) is 59.7 Å². The van der Waals surface area contributed by atoms with Gasteiger partial charge in [-0.25, -0.2) is 0 Å². The molecule has 0 aromatic heterocycles. The molecule has 0 atom stereocenters. The van der Waals surface area contributed by atoms with Crippen LogP contribution >= 0.6 is 0 Å². The number of carbonyl (C=O) groups excluding carboxylic acids is 2. The van der Waals surface area contributed by atoms with E-state index in [9.17, 15) is 9.59 Å². The first-order chi connectivity index (χ1) is 12.7. The standard InChI is InChI=1S/C20H20N2O4/c23-18(14-7-8-16-17(13-14)26-12-11-25-16)21-22-19(24)20(9-4-10-20)15-5-2-1-3-6-15/h1-3,5-8,13H,4,9-12H2,(H,21,23)(H,22,24). The number of rotatable bonds is 3. The molecular formula is C20H20N2O4. The molecule has 6 nitrogen and oxygen atoms in total. The van der Waals surface area contributed by atoms with E-state index >= 15 is 0 Å². The predicted molar refractivity (Wildman–Crippen MR) is 95.0 cm³/mol. The second-order valence-corrected chi connectivity index (χ2v) is 6.57. The van der Waals surface area contributed by atoms with Crippen molar-refractivity contribution in [1.29, 1.82) is 0 Å². The zero-order valence-corrected chi connectivity index (χ0v) is 14.3. The van der Waals surface area contributed by atoms with Gasteiger partial charge in [0.15, 0.2) is 11.5 Å². The van der Waals surface area contributed by atoms with Gasteiger partial charge in [0.25, 0.3) is 5.91 Å². The third-order valence-electron chi connectivity index (χ3n) is 5.06. The molecule has 1 aliphatic heterocycles. The van der Waals surface area contributed by atoms with Gasteiger partial charge in [-0.05, 0) is 36.6 Å². The van der Waals surface area contributed by atoms with Gasteiger partial charge >= 0.3 is 0 Å². The Kier molecular flexibility index (Phi) is 4.24. The predicted octanol–water partition coefficient (Wildman–Crippen LogP) is 2.34. The molecule has 0 spiro atoms. The normalized spacial score (nSPS) is 16.9. The summed E-state index contributed by atoms with van der Waals surface area (Å²) < 4.78 is 10.9. The molecule has 1 heterocycles. The summed E-state index contributed by atoms with van der Waals surface area (Å²) in [7, 11) is 0. The average Bonchev–Trinajstić information content (AvgIpc) is 2.65. The lowest BCUT2D eigenvalue weighted by Crippen LogP contribution is -2.54. The summed E-state index contributed by atoms with van der Waals surface area (Å²) >= 11 is 0. The largest absolute Gasteiger partial charge is 0.486 e. The number of hydrazine groups is 1. The first-order valence-electron chi connectivity index (χ1n) is 8.75. The Labute approximate surface area is 151 Å². The molecule has 1 aliphatic carbocycles. The highest BCUT2D eigenvalue weighted by atomic mass is 16.6. The monoisotopic (exact) mass is 352 g/mol. The maximum atomic E-state index is 12.7. The van der Waals surface area contributed by atoms with Crippen LogP contribution < -0.4 is 20.3 Å². The minimum Gasteiger partial charge on any atom is -0.486 e. The second-order valence-electron chi connectivity index (χ2n) is 6.57. The fourth-order valence-electron chi connectivity index (χ4n) is 3.42. The zero-order chi connectivity index (χ0) is 18.0. The summed E-state index contributed by atoms with van der Waals surface area (Å²) in [6, 6.07) is 14.7. The highest BCUT2D eigenvalue weighted by Crippen LogP contribution is 2.43. The van der Waals surface area contributed by atoms with Gasteiger partial charge in [0.1, 0.15) is 13.2 Å². The fourth-order valence-corrected chi connectivity index (χ4v) is 3.42. The van der Waals surface area contributed by atoms with Crippen LogP contribution in [0.25, 0.3) is 0 Å². The van der Waals surface area contributed by atoms with Crippen molar-refractivity contribution in [2.75, 3.05) is 13.2 Å². The maximum absolute atomic E-state index is 12.7. The molecule has 2 aromatic rings. The highest BCUT2D eigenvalue weighted by molar-refractivity contribution is 5.97. The van der Waals surface area contributed by atoms with E-state index in [0.29, 0.717) is 30.3 Å². The van der Waals surface area contributed by atoms with Crippen LogP contribution in [0.3, 0.4) is 0 Å². The summed E-state index contributed by atoms with van der Waals surface area (Å²) in [4.78, 5) is 25.1. The topological polar surface area (TPSA) is 76.7 Å². The number of hydrogen-bond acceptors (Lipinski definition) is 4. The minimum absolute atomic E-state index is 0.180. The molecule has 2 N–H and O–H groups in total. The average molecular weight is 352 g/mol. The molecule has 1 saturated carbocycles. The van der Waals surface area contributed by atoms with Gasteiger partial charge in [-0.2, -0.15) is 0 Å². The smallest absolute Gasteiger partial charge is 0.269 e. The first kappa shape index (κ1) is 16.4. The third-order valence-corrected chi connectivity index (χ3v) is 5.06. The van der Waals surface area contributed by atoms with Crippen LogP contribution in [-0.2, 0) is 10.2 Å². The summed E-state index contributed by atoms with van der Waals surface area (Å²) in [5.74, 6) is 0.586. The molecule has 0 unspecified atom stereocenters. The van der Waals surface area contributed by atoms with Crippen molar-refractivity contribution in [2.45, 2.75) is 24.7 Å². The van der Waals surface area contributed by atoms with E-state index in [1.807, 2.05) is 30.3 Å². The van der Waals surface area contributed by atoms with Gasteiger partial charge in [0, 0.05) is 5.56 Å². The van der Waals surface area contributed by atoms with E-state index in [1.54, 1.807) is 18.2 Å². The minimum atomic E-state index is -0.554. The molecule has 26 heavy (non-hydrogen) atoms. The fraction of sp³-hybridized carbons (Fsp3) is 0.300. The third kappa shape index (κ3) is 2.87. The Morgan fingerprint density at radius 1 is 0.885 bits per heavy atom. The summed E-state index contributed by atoms with van der Waals surface area (Å²) in [6.45, 7) is 0.949. The summed E-state index contributed by atoms with van der Waals surface area (Å²) in [5, 5.41) is 0. The van der Waals surface area contributed by atoms with E-state index < -0.39 is 11.3 Å². The van der Waals surface area contributed by atoms with E-state index in [2.05, 4.69) is 10.9 Å². The van der Waals surface area contributed by atoms with Gasteiger partial charge in [0.05, 0.1) is 5.41 Å². The molecule has 6 heteroatoms. The van der Waals surface area contributed by atoms with Gasteiger partial charge < -0.3 is 9.47 Å². The summed E-state index contributed by atoms with van der Waals surface area (Å²) in [5.41, 5.74) is 5.94. The lowest BCUT2D eigenvalue weighted by atomic mass is 9.64. The molecule has 2 aliphatic rings. The lowest BCUT2D eigenvalue weighted by molar-refractivity contribution is -0.130. The van der Waals surface area contributed by atoms with Crippen molar-refractivity contribution >= 4 is 11.8 Å². The quantitative estimate of drug-likeness (QED) is 0.832. The zero-order valence-electron chi connectivity index (χ0n) is 14.3. The van der Waals surface area contributed by atoms with Crippen LogP contribution in [0.2, 0.25) is 0 Å². The molecule has 134 valence electrons. The maximum Gasteiger partial charge on any atom is 0.269 e. The van der Waals surface area contributed by atoms with Crippen molar-refractivity contribution < 1.29 is 19.1 Å². The van der Waals surface area contributed by atoms with Crippen molar-refractivity contribution in [3.63, 3.8) is 0 Å². The van der Waals surface area contributed by atoms with E-state index in [4.69, 9.17) is 9.47 Å². The van der Waals surface area contributed by atoms with Crippen LogP contribution in [0.15, 0.2) is 48.5 Å². The Hall–Kier alpha value is -3.02. The highest BCUT2D eigenvalue weighted by Gasteiger charge is 2.45. The number of benzene rings is 2. The Morgan fingerprint density at radius 3 is 2.31 bits per heavy atom. The van der Waals surface area contributed by atoms with Gasteiger partial charge in [0.2, 0.25) is 5.91 Å². The molecule has 4 rings (SSSR count).